The van der Waals surface area contributed by atoms with E-state index in [0.717, 1.165) is 0 Å². The van der Waals surface area contributed by atoms with E-state index in [-0.39, 0.29) is 16.9 Å². The lowest BCUT2D eigenvalue weighted by molar-refractivity contribution is 0.274. The highest BCUT2D eigenvalue weighted by Crippen LogP contribution is 2.25. The summed E-state index contributed by atoms with van der Waals surface area (Å²) in [5.74, 6) is 0.547. The lowest BCUT2D eigenvalue weighted by Crippen LogP contribution is -2.35. The number of rotatable bonds is 4. The summed E-state index contributed by atoms with van der Waals surface area (Å²) in [5, 5.41) is 3.06. The maximum atomic E-state index is 11.8. The van der Waals surface area contributed by atoms with E-state index in [2.05, 4.69) is 38.0 Å². The van der Waals surface area contributed by atoms with Gasteiger partial charge in [-0.25, -0.2) is 4.79 Å². The summed E-state index contributed by atoms with van der Waals surface area (Å²) in [4.78, 5) is 25.6. The van der Waals surface area contributed by atoms with E-state index in [0.29, 0.717) is 19.0 Å². The van der Waals surface area contributed by atoms with Gasteiger partial charge in [-0.1, -0.05) is 27.7 Å². The Kier molecular flexibility index (Phi) is 4.44. The number of aromatic amines is 1. The van der Waals surface area contributed by atoms with Gasteiger partial charge >= 0.3 is 5.69 Å². The highest BCUT2D eigenvalue weighted by molar-refractivity contribution is 5.60. The van der Waals surface area contributed by atoms with Crippen molar-refractivity contribution in [2.24, 2.45) is 11.3 Å². The Morgan fingerprint density at radius 3 is 2.42 bits per heavy atom. The fraction of sp³-hybridized carbons (Fsp3) is 0.692. The van der Waals surface area contributed by atoms with E-state index in [1.165, 1.54) is 4.57 Å². The molecule has 1 rings (SSSR count). The third kappa shape index (κ3) is 3.39. The summed E-state index contributed by atoms with van der Waals surface area (Å²) in [5.41, 5.74) is 5.34. The molecule has 0 amide bonds. The number of H-pyrrole nitrogens is 1. The summed E-state index contributed by atoms with van der Waals surface area (Å²) in [6.07, 6.45) is 0. The highest BCUT2D eigenvalue weighted by Gasteiger charge is 2.20. The minimum absolute atomic E-state index is 0.133. The van der Waals surface area contributed by atoms with Crippen molar-refractivity contribution in [3.05, 3.63) is 20.8 Å². The van der Waals surface area contributed by atoms with Gasteiger partial charge in [0.15, 0.2) is 0 Å². The van der Waals surface area contributed by atoms with Crippen molar-refractivity contribution in [1.82, 2.24) is 9.55 Å². The van der Waals surface area contributed by atoms with Gasteiger partial charge in [0, 0.05) is 13.1 Å². The van der Waals surface area contributed by atoms with Gasteiger partial charge in [0.2, 0.25) is 0 Å². The molecule has 1 atom stereocenters. The van der Waals surface area contributed by atoms with Crippen LogP contribution in [0.4, 0.5) is 11.5 Å². The second-order valence-electron chi connectivity index (χ2n) is 5.91. The number of nitrogen functional groups attached to an aromatic ring is 1. The zero-order valence-electron chi connectivity index (χ0n) is 12.3. The number of hydrogen-bond acceptors (Lipinski definition) is 4. The molecule has 19 heavy (non-hydrogen) atoms. The number of nitrogens with zero attached hydrogens (tertiary/aromatic N) is 1. The van der Waals surface area contributed by atoms with Crippen LogP contribution in [0.1, 0.15) is 34.6 Å². The van der Waals surface area contributed by atoms with Crippen LogP contribution in [0.2, 0.25) is 0 Å². The van der Waals surface area contributed by atoms with Crippen LogP contribution < -0.4 is 22.3 Å². The van der Waals surface area contributed by atoms with Crippen molar-refractivity contribution in [2.45, 2.75) is 41.2 Å². The van der Waals surface area contributed by atoms with E-state index >= 15 is 0 Å². The molecule has 1 heterocycles. The molecule has 6 heteroatoms. The molecule has 0 aliphatic heterocycles. The molecular weight excluding hydrogens is 244 g/mol. The number of nitrogens with two attached hydrogens (primary N) is 1. The monoisotopic (exact) mass is 268 g/mol. The van der Waals surface area contributed by atoms with Gasteiger partial charge < -0.3 is 11.1 Å². The normalized spacial score (nSPS) is 13.3. The number of hydrogen-bond donors (Lipinski definition) is 3. The highest BCUT2D eigenvalue weighted by atomic mass is 16.2. The molecule has 1 unspecified atom stereocenters. The SMILES string of the molecule is CCn1c(N)c(NCC(C)C(C)(C)C)c(=O)[nH]c1=O. The Balaban J connectivity index is 3.03. The molecule has 0 fully saturated rings. The van der Waals surface area contributed by atoms with E-state index in [1.54, 1.807) is 6.92 Å². The average Bonchev–Trinajstić information content (AvgIpc) is 2.27. The fourth-order valence-corrected chi connectivity index (χ4v) is 1.63. The van der Waals surface area contributed by atoms with E-state index in [9.17, 15) is 9.59 Å². The third-order valence-electron chi connectivity index (χ3n) is 3.62. The van der Waals surface area contributed by atoms with Crippen LogP contribution in [0.5, 0.6) is 0 Å². The number of aromatic nitrogens is 2. The first-order valence-electron chi connectivity index (χ1n) is 6.55. The predicted molar refractivity (Wildman–Crippen MR) is 78.5 cm³/mol. The van der Waals surface area contributed by atoms with Gasteiger partial charge in [-0.05, 0) is 18.3 Å². The average molecular weight is 268 g/mol. The molecule has 6 nitrogen and oxygen atoms in total. The first-order valence-corrected chi connectivity index (χ1v) is 6.55. The summed E-state index contributed by atoms with van der Waals surface area (Å²) in [6, 6.07) is 0. The Bertz CT molecular complexity index is 551. The van der Waals surface area contributed by atoms with Crippen LogP contribution >= 0.6 is 0 Å². The lowest BCUT2D eigenvalue weighted by atomic mass is 9.82. The Morgan fingerprint density at radius 1 is 1.37 bits per heavy atom. The van der Waals surface area contributed by atoms with Gasteiger partial charge in [0.25, 0.3) is 5.56 Å². The maximum Gasteiger partial charge on any atom is 0.330 e. The molecule has 0 aliphatic carbocycles. The molecule has 0 radical (unpaired) electrons. The molecule has 0 aromatic carbocycles. The van der Waals surface area contributed by atoms with Crippen molar-refractivity contribution in [1.29, 1.82) is 0 Å². The van der Waals surface area contributed by atoms with Crippen molar-refractivity contribution in [3.63, 3.8) is 0 Å². The van der Waals surface area contributed by atoms with Crippen LogP contribution in [-0.4, -0.2) is 16.1 Å². The topological polar surface area (TPSA) is 92.9 Å². The molecular formula is C13H24N4O2. The van der Waals surface area contributed by atoms with Gasteiger partial charge in [-0.2, -0.15) is 0 Å². The van der Waals surface area contributed by atoms with Crippen LogP contribution in [0, 0.1) is 11.3 Å². The van der Waals surface area contributed by atoms with Crippen molar-refractivity contribution < 1.29 is 0 Å². The van der Waals surface area contributed by atoms with Crippen LogP contribution in [0.15, 0.2) is 9.59 Å². The van der Waals surface area contributed by atoms with Gasteiger partial charge in [0.05, 0.1) is 0 Å². The predicted octanol–water partition coefficient (Wildman–Crippen LogP) is 1.23. The third-order valence-corrected chi connectivity index (χ3v) is 3.62. The first-order chi connectivity index (χ1) is 8.68. The van der Waals surface area contributed by atoms with Crippen LogP contribution in [0.3, 0.4) is 0 Å². The summed E-state index contributed by atoms with van der Waals surface area (Å²) < 4.78 is 1.34. The molecule has 4 N–H and O–H groups in total. The molecule has 0 spiro atoms. The van der Waals surface area contributed by atoms with Crippen LogP contribution in [0.25, 0.3) is 0 Å². The Labute approximate surface area is 113 Å². The Morgan fingerprint density at radius 2 is 1.95 bits per heavy atom. The summed E-state index contributed by atoms with van der Waals surface area (Å²) in [7, 11) is 0. The van der Waals surface area contributed by atoms with Crippen LogP contribution in [-0.2, 0) is 6.54 Å². The maximum absolute atomic E-state index is 11.8. The zero-order chi connectivity index (χ0) is 14.8. The summed E-state index contributed by atoms with van der Waals surface area (Å²) in [6.45, 7) is 11.4. The minimum atomic E-state index is -0.473. The quantitative estimate of drug-likeness (QED) is 0.765. The minimum Gasteiger partial charge on any atom is -0.383 e. The zero-order valence-corrected chi connectivity index (χ0v) is 12.3. The summed E-state index contributed by atoms with van der Waals surface area (Å²) >= 11 is 0. The molecule has 0 aliphatic rings. The molecule has 0 saturated heterocycles. The van der Waals surface area contributed by atoms with Gasteiger partial charge in [-0.3, -0.25) is 14.3 Å². The smallest absolute Gasteiger partial charge is 0.330 e. The number of nitrogens with one attached hydrogen (secondary N) is 2. The lowest BCUT2D eigenvalue weighted by Gasteiger charge is -2.27. The van der Waals surface area contributed by atoms with Gasteiger partial charge in [0.1, 0.15) is 11.5 Å². The van der Waals surface area contributed by atoms with E-state index in [1.807, 2.05) is 0 Å². The second-order valence-corrected chi connectivity index (χ2v) is 5.91. The van der Waals surface area contributed by atoms with E-state index < -0.39 is 11.2 Å². The molecule has 108 valence electrons. The fourth-order valence-electron chi connectivity index (χ4n) is 1.63. The standard InChI is InChI=1S/C13H24N4O2/c1-6-17-10(14)9(11(18)16-12(17)19)15-7-8(2)13(3,4)5/h8,15H,6-7,14H2,1-5H3,(H,16,18,19). The molecule has 0 saturated carbocycles. The van der Waals surface area contributed by atoms with Gasteiger partial charge in [-0.15, -0.1) is 0 Å². The van der Waals surface area contributed by atoms with Crippen molar-refractivity contribution in [3.8, 4) is 0 Å². The van der Waals surface area contributed by atoms with Crippen molar-refractivity contribution in [2.75, 3.05) is 17.6 Å². The molecule has 0 bridgehead atoms. The Hall–Kier alpha value is -1.72. The largest absolute Gasteiger partial charge is 0.383 e. The molecule has 1 aromatic rings. The first kappa shape index (κ1) is 15.3. The second kappa shape index (κ2) is 5.50. The van der Waals surface area contributed by atoms with Crippen molar-refractivity contribution >= 4 is 11.5 Å². The van der Waals surface area contributed by atoms with E-state index in [4.69, 9.17) is 5.73 Å². The molecule has 1 aromatic heterocycles. The number of anilines is 2.